The standard InChI is InChI=1S/C17H21NO3S/c1-17(2,11-18-16(19)15-6-5-9-22-15)12-7-8-13(20-3)14(10-12)21-4/h5-10H,11H2,1-4H3,(H,18,19). The number of methoxy groups -OCH3 is 2. The molecule has 0 saturated carbocycles. The minimum atomic E-state index is -0.216. The third-order valence-corrected chi connectivity index (χ3v) is 4.47. The van der Waals surface area contributed by atoms with Crippen molar-refractivity contribution in [2.24, 2.45) is 0 Å². The first kappa shape index (κ1) is 16.4. The van der Waals surface area contributed by atoms with Gasteiger partial charge in [-0.3, -0.25) is 4.79 Å². The first-order valence-corrected chi connectivity index (χ1v) is 7.90. The monoisotopic (exact) mass is 319 g/mol. The van der Waals surface area contributed by atoms with Gasteiger partial charge < -0.3 is 14.8 Å². The number of thiophene rings is 1. The van der Waals surface area contributed by atoms with Crippen molar-refractivity contribution in [1.82, 2.24) is 5.32 Å². The Morgan fingerprint density at radius 1 is 1.18 bits per heavy atom. The van der Waals surface area contributed by atoms with Crippen LogP contribution < -0.4 is 14.8 Å². The van der Waals surface area contributed by atoms with E-state index < -0.39 is 0 Å². The van der Waals surface area contributed by atoms with Crippen LogP contribution in [0.15, 0.2) is 35.7 Å². The molecule has 1 amide bonds. The summed E-state index contributed by atoms with van der Waals surface area (Å²) in [6.45, 7) is 4.71. The van der Waals surface area contributed by atoms with Crippen LogP contribution in [0.2, 0.25) is 0 Å². The number of hydrogen-bond donors (Lipinski definition) is 1. The smallest absolute Gasteiger partial charge is 0.261 e. The summed E-state index contributed by atoms with van der Waals surface area (Å²) in [7, 11) is 3.23. The van der Waals surface area contributed by atoms with Crippen LogP contribution in [-0.4, -0.2) is 26.7 Å². The molecule has 1 heterocycles. The molecule has 0 spiro atoms. The molecule has 2 rings (SSSR count). The Hall–Kier alpha value is -2.01. The molecule has 0 atom stereocenters. The number of amides is 1. The van der Waals surface area contributed by atoms with Crippen molar-refractivity contribution in [2.45, 2.75) is 19.3 Å². The lowest BCUT2D eigenvalue weighted by atomic mass is 9.84. The van der Waals surface area contributed by atoms with Gasteiger partial charge in [0.25, 0.3) is 5.91 Å². The first-order valence-electron chi connectivity index (χ1n) is 7.02. The van der Waals surface area contributed by atoms with Crippen LogP contribution in [-0.2, 0) is 5.41 Å². The lowest BCUT2D eigenvalue weighted by Gasteiger charge is -2.26. The van der Waals surface area contributed by atoms with Crippen LogP contribution >= 0.6 is 11.3 Å². The van der Waals surface area contributed by atoms with Gasteiger partial charge in [-0.15, -0.1) is 11.3 Å². The van der Waals surface area contributed by atoms with Crippen LogP contribution in [0.3, 0.4) is 0 Å². The molecule has 0 saturated heterocycles. The summed E-state index contributed by atoms with van der Waals surface area (Å²) in [4.78, 5) is 12.8. The predicted octanol–water partition coefficient (Wildman–Crippen LogP) is 3.47. The molecular formula is C17H21NO3S. The highest BCUT2D eigenvalue weighted by Gasteiger charge is 2.23. The Labute approximate surface area is 135 Å². The molecular weight excluding hydrogens is 298 g/mol. The molecule has 0 unspecified atom stereocenters. The molecule has 2 aromatic rings. The second-order valence-corrected chi connectivity index (χ2v) is 6.56. The topological polar surface area (TPSA) is 47.6 Å². The van der Waals surface area contributed by atoms with Gasteiger partial charge in [-0.2, -0.15) is 0 Å². The molecule has 0 bridgehead atoms. The molecule has 1 N–H and O–H groups in total. The maximum absolute atomic E-state index is 12.1. The van der Waals surface area contributed by atoms with Crippen molar-refractivity contribution in [1.29, 1.82) is 0 Å². The summed E-state index contributed by atoms with van der Waals surface area (Å²) in [6, 6.07) is 9.54. The van der Waals surface area contributed by atoms with Crippen molar-refractivity contribution < 1.29 is 14.3 Å². The largest absolute Gasteiger partial charge is 0.493 e. The maximum atomic E-state index is 12.1. The molecule has 0 aliphatic rings. The van der Waals surface area contributed by atoms with Crippen molar-refractivity contribution >= 4 is 17.2 Å². The third-order valence-electron chi connectivity index (χ3n) is 3.60. The lowest BCUT2D eigenvalue weighted by molar-refractivity contribution is 0.0949. The van der Waals surface area contributed by atoms with Crippen LogP contribution in [0.25, 0.3) is 0 Å². The Morgan fingerprint density at radius 2 is 1.91 bits per heavy atom. The Bertz CT molecular complexity index is 635. The van der Waals surface area contributed by atoms with E-state index in [1.54, 1.807) is 14.2 Å². The van der Waals surface area contributed by atoms with Gasteiger partial charge in [0.05, 0.1) is 19.1 Å². The van der Waals surface area contributed by atoms with E-state index in [-0.39, 0.29) is 11.3 Å². The van der Waals surface area contributed by atoms with E-state index in [2.05, 4.69) is 19.2 Å². The lowest BCUT2D eigenvalue weighted by Crippen LogP contribution is -2.36. The molecule has 4 nitrogen and oxygen atoms in total. The molecule has 0 radical (unpaired) electrons. The number of carbonyl (C=O) groups excluding carboxylic acids is 1. The zero-order chi connectivity index (χ0) is 16.2. The Morgan fingerprint density at radius 3 is 2.50 bits per heavy atom. The summed E-state index contributed by atoms with van der Waals surface area (Å²) in [6.07, 6.45) is 0. The van der Waals surface area contributed by atoms with Crippen LogP contribution in [0.4, 0.5) is 0 Å². The van der Waals surface area contributed by atoms with Gasteiger partial charge in [0.2, 0.25) is 0 Å². The van der Waals surface area contributed by atoms with Gasteiger partial charge in [0.15, 0.2) is 11.5 Å². The number of carbonyl (C=O) groups is 1. The van der Waals surface area contributed by atoms with E-state index in [1.165, 1.54) is 11.3 Å². The van der Waals surface area contributed by atoms with E-state index in [0.29, 0.717) is 18.0 Å². The quantitative estimate of drug-likeness (QED) is 0.887. The minimum Gasteiger partial charge on any atom is -0.493 e. The fourth-order valence-electron chi connectivity index (χ4n) is 2.16. The maximum Gasteiger partial charge on any atom is 0.261 e. The van der Waals surface area contributed by atoms with E-state index in [9.17, 15) is 4.79 Å². The van der Waals surface area contributed by atoms with Crippen molar-refractivity contribution in [3.8, 4) is 11.5 Å². The van der Waals surface area contributed by atoms with Gasteiger partial charge >= 0.3 is 0 Å². The molecule has 1 aromatic carbocycles. The van der Waals surface area contributed by atoms with E-state index >= 15 is 0 Å². The van der Waals surface area contributed by atoms with Crippen LogP contribution in [0, 0.1) is 0 Å². The van der Waals surface area contributed by atoms with Crippen molar-refractivity contribution in [3.05, 3.63) is 46.2 Å². The fraction of sp³-hybridized carbons (Fsp3) is 0.353. The second-order valence-electron chi connectivity index (χ2n) is 5.61. The third kappa shape index (κ3) is 3.60. The Balaban J connectivity index is 2.11. The summed E-state index contributed by atoms with van der Waals surface area (Å²) in [5, 5.41) is 4.89. The van der Waals surface area contributed by atoms with Gasteiger partial charge in [-0.05, 0) is 29.1 Å². The average molecular weight is 319 g/mol. The highest BCUT2D eigenvalue weighted by atomic mass is 32.1. The highest BCUT2D eigenvalue weighted by Crippen LogP contribution is 2.32. The van der Waals surface area contributed by atoms with Crippen LogP contribution in [0.5, 0.6) is 11.5 Å². The SMILES string of the molecule is COc1ccc(C(C)(C)CNC(=O)c2cccs2)cc1OC. The summed E-state index contributed by atoms with van der Waals surface area (Å²) in [5.41, 5.74) is 0.864. The van der Waals surface area contributed by atoms with Gasteiger partial charge in [0.1, 0.15) is 0 Å². The van der Waals surface area contributed by atoms with Gasteiger partial charge in [0, 0.05) is 12.0 Å². The number of ether oxygens (including phenoxy) is 2. The number of rotatable bonds is 6. The predicted molar refractivity (Wildman–Crippen MR) is 89.2 cm³/mol. The van der Waals surface area contributed by atoms with E-state index in [1.807, 2.05) is 35.7 Å². The Kier molecular flexibility index (Phi) is 5.08. The zero-order valence-corrected chi connectivity index (χ0v) is 14.1. The molecule has 5 heteroatoms. The number of hydrogen-bond acceptors (Lipinski definition) is 4. The molecule has 1 aromatic heterocycles. The normalized spacial score (nSPS) is 11.1. The number of benzene rings is 1. The molecule has 0 fully saturated rings. The van der Waals surface area contributed by atoms with Crippen molar-refractivity contribution in [3.63, 3.8) is 0 Å². The zero-order valence-electron chi connectivity index (χ0n) is 13.3. The summed E-state index contributed by atoms with van der Waals surface area (Å²) < 4.78 is 10.6. The fourth-order valence-corrected chi connectivity index (χ4v) is 2.80. The van der Waals surface area contributed by atoms with Gasteiger partial charge in [-0.1, -0.05) is 26.0 Å². The van der Waals surface area contributed by atoms with Crippen LogP contribution in [0.1, 0.15) is 29.1 Å². The molecule has 0 aliphatic heterocycles. The highest BCUT2D eigenvalue weighted by molar-refractivity contribution is 7.12. The summed E-state index contributed by atoms with van der Waals surface area (Å²) in [5.74, 6) is 1.35. The minimum absolute atomic E-state index is 0.0384. The van der Waals surface area contributed by atoms with E-state index in [4.69, 9.17) is 9.47 Å². The molecule has 0 aliphatic carbocycles. The van der Waals surface area contributed by atoms with Gasteiger partial charge in [-0.25, -0.2) is 0 Å². The van der Waals surface area contributed by atoms with E-state index in [0.717, 1.165) is 10.4 Å². The number of nitrogens with one attached hydrogen (secondary N) is 1. The molecule has 22 heavy (non-hydrogen) atoms. The summed E-state index contributed by atoms with van der Waals surface area (Å²) >= 11 is 1.44. The average Bonchev–Trinajstić information content (AvgIpc) is 3.06. The second kappa shape index (κ2) is 6.83. The molecule has 118 valence electrons. The van der Waals surface area contributed by atoms with Crippen molar-refractivity contribution in [2.75, 3.05) is 20.8 Å². The first-order chi connectivity index (χ1) is 10.5.